The van der Waals surface area contributed by atoms with Crippen molar-refractivity contribution in [3.05, 3.63) is 10.4 Å². The number of anilines is 2. The molecule has 0 bridgehead atoms. The molecular formula is C12H20N4O3S. The quantitative estimate of drug-likeness (QED) is 0.660. The number of nitrogens with two attached hydrogens (primary N) is 1. The second-order valence-corrected chi connectivity index (χ2v) is 5.37. The molecule has 20 heavy (non-hydrogen) atoms. The fourth-order valence-corrected chi connectivity index (χ4v) is 2.63. The van der Waals surface area contributed by atoms with Gasteiger partial charge in [-0.1, -0.05) is 0 Å². The van der Waals surface area contributed by atoms with Gasteiger partial charge in [0.15, 0.2) is 0 Å². The van der Waals surface area contributed by atoms with Gasteiger partial charge in [-0.25, -0.2) is 4.79 Å². The minimum Gasteiger partial charge on any atom is -0.465 e. The molecule has 0 saturated heterocycles. The van der Waals surface area contributed by atoms with Crippen LogP contribution in [0.15, 0.2) is 0 Å². The summed E-state index contributed by atoms with van der Waals surface area (Å²) in [5.74, 6) is -0.875. The first-order valence-electron chi connectivity index (χ1n) is 6.03. The average molecular weight is 300 g/mol. The number of carbonyl (C=O) groups is 2. The highest BCUT2D eigenvalue weighted by molar-refractivity contribution is 7.19. The first kappa shape index (κ1) is 16.3. The van der Waals surface area contributed by atoms with Crippen molar-refractivity contribution in [3.8, 4) is 0 Å². The predicted molar refractivity (Wildman–Crippen MR) is 80.5 cm³/mol. The van der Waals surface area contributed by atoms with Crippen molar-refractivity contribution in [2.75, 3.05) is 52.4 Å². The van der Waals surface area contributed by atoms with E-state index in [1.54, 1.807) is 0 Å². The molecule has 8 heteroatoms. The Kier molecular flexibility index (Phi) is 5.78. The number of hydrogen-bond acceptors (Lipinski definition) is 7. The summed E-state index contributed by atoms with van der Waals surface area (Å²) in [5.41, 5.74) is 6.25. The van der Waals surface area contributed by atoms with Gasteiger partial charge < -0.3 is 26.0 Å². The van der Waals surface area contributed by atoms with Crippen molar-refractivity contribution in [2.24, 2.45) is 0 Å². The lowest BCUT2D eigenvalue weighted by molar-refractivity contribution is 0.0603. The van der Waals surface area contributed by atoms with E-state index in [9.17, 15) is 9.59 Å². The van der Waals surface area contributed by atoms with Gasteiger partial charge in [0.1, 0.15) is 15.4 Å². The van der Waals surface area contributed by atoms with Gasteiger partial charge in [0.25, 0.3) is 5.91 Å². The number of hydrogen-bond donors (Lipinski definition) is 3. The van der Waals surface area contributed by atoms with Gasteiger partial charge in [-0.15, -0.1) is 11.3 Å². The van der Waals surface area contributed by atoms with Crippen molar-refractivity contribution in [1.29, 1.82) is 0 Å². The van der Waals surface area contributed by atoms with E-state index < -0.39 is 5.97 Å². The molecule has 0 aliphatic carbocycles. The second-order valence-electron chi connectivity index (χ2n) is 4.35. The zero-order valence-corrected chi connectivity index (χ0v) is 12.9. The standard InChI is InChI=1S/C12H20N4O3S/c1-14-10(17)9-8(13)7(12(18)19-4)11(20-9)15-5-6-16(2)3/h15H,5-6,13H2,1-4H3,(H,14,17). The maximum absolute atomic E-state index is 11.8. The Hall–Kier alpha value is -1.80. The maximum atomic E-state index is 11.8. The molecule has 7 nitrogen and oxygen atoms in total. The van der Waals surface area contributed by atoms with E-state index in [4.69, 9.17) is 10.5 Å². The third-order valence-electron chi connectivity index (χ3n) is 2.61. The van der Waals surface area contributed by atoms with Crippen LogP contribution >= 0.6 is 11.3 Å². The maximum Gasteiger partial charge on any atom is 0.343 e. The molecule has 0 aromatic carbocycles. The fourth-order valence-electron chi connectivity index (χ4n) is 1.55. The molecule has 1 aromatic rings. The third kappa shape index (κ3) is 3.61. The number of thiophene rings is 1. The second kappa shape index (κ2) is 7.11. The molecule has 0 saturated carbocycles. The summed E-state index contributed by atoms with van der Waals surface area (Å²) in [6.07, 6.45) is 0. The zero-order valence-electron chi connectivity index (χ0n) is 12.1. The van der Waals surface area contributed by atoms with E-state index in [0.717, 1.165) is 17.9 Å². The topological polar surface area (TPSA) is 96.7 Å². The summed E-state index contributed by atoms with van der Waals surface area (Å²) in [6.45, 7) is 1.41. The van der Waals surface area contributed by atoms with Crippen LogP contribution < -0.4 is 16.4 Å². The Morgan fingerprint density at radius 2 is 2.05 bits per heavy atom. The summed E-state index contributed by atoms with van der Waals surface area (Å²) in [6, 6.07) is 0. The highest BCUT2D eigenvalue weighted by atomic mass is 32.1. The highest BCUT2D eigenvalue weighted by Crippen LogP contribution is 2.36. The minimum absolute atomic E-state index is 0.147. The molecule has 1 heterocycles. The summed E-state index contributed by atoms with van der Waals surface area (Å²) in [4.78, 5) is 25.8. The molecule has 1 aromatic heterocycles. The summed E-state index contributed by atoms with van der Waals surface area (Å²) in [5, 5.41) is 6.16. The molecule has 0 unspecified atom stereocenters. The van der Waals surface area contributed by atoms with Crippen molar-refractivity contribution in [2.45, 2.75) is 0 Å². The molecule has 0 fully saturated rings. The number of amides is 1. The molecule has 112 valence electrons. The van der Waals surface area contributed by atoms with Crippen LogP contribution in [0.2, 0.25) is 0 Å². The monoisotopic (exact) mass is 300 g/mol. The van der Waals surface area contributed by atoms with Crippen molar-refractivity contribution in [3.63, 3.8) is 0 Å². The number of nitrogens with one attached hydrogen (secondary N) is 2. The molecule has 0 aliphatic rings. The summed E-state index contributed by atoms with van der Waals surface area (Å²) < 4.78 is 4.72. The van der Waals surface area contributed by atoms with Crippen LogP contribution in [0, 0.1) is 0 Å². The smallest absolute Gasteiger partial charge is 0.343 e. The number of rotatable bonds is 6. The third-order valence-corrected chi connectivity index (χ3v) is 3.77. The van der Waals surface area contributed by atoms with E-state index in [1.165, 1.54) is 14.2 Å². The number of nitrogens with zero attached hydrogens (tertiary/aromatic N) is 1. The van der Waals surface area contributed by atoms with Crippen LogP contribution in [0.1, 0.15) is 20.0 Å². The molecule has 0 atom stereocenters. The van der Waals surface area contributed by atoms with Crippen LogP contribution in [0.3, 0.4) is 0 Å². The van der Waals surface area contributed by atoms with Gasteiger partial charge in [0.2, 0.25) is 0 Å². The largest absolute Gasteiger partial charge is 0.465 e. The Labute approximate surface area is 122 Å². The van der Waals surface area contributed by atoms with E-state index in [2.05, 4.69) is 10.6 Å². The highest BCUT2D eigenvalue weighted by Gasteiger charge is 2.25. The minimum atomic E-state index is -0.554. The van der Waals surface area contributed by atoms with E-state index in [-0.39, 0.29) is 17.2 Å². The zero-order chi connectivity index (χ0) is 15.3. The van der Waals surface area contributed by atoms with Crippen molar-refractivity contribution >= 4 is 33.9 Å². The number of nitrogen functional groups attached to an aromatic ring is 1. The van der Waals surface area contributed by atoms with Crippen molar-refractivity contribution in [1.82, 2.24) is 10.2 Å². The van der Waals surface area contributed by atoms with Crippen LogP contribution in [0.25, 0.3) is 0 Å². The SMILES string of the molecule is CNC(=O)c1sc(NCCN(C)C)c(C(=O)OC)c1N. The van der Waals surface area contributed by atoms with Crippen LogP contribution in [-0.2, 0) is 4.74 Å². The van der Waals surface area contributed by atoms with E-state index >= 15 is 0 Å². The lowest BCUT2D eigenvalue weighted by atomic mass is 10.2. The molecule has 1 amide bonds. The Morgan fingerprint density at radius 3 is 2.55 bits per heavy atom. The molecule has 0 radical (unpaired) electrons. The Bertz CT molecular complexity index is 499. The van der Waals surface area contributed by atoms with E-state index in [0.29, 0.717) is 16.4 Å². The van der Waals surface area contributed by atoms with Crippen molar-refractivity contribution < 1.29 is 14.3 Å². The lowest BCUT2D eigenvalue weighted by Gasteiger charge is -2.11. The molecular weight excluding hydrogens is 280 g/mol. The average Bonchev–Trinajstić information content (AvgIpc) is 2.73. The van der Waals surface area contributed by atoms with Gasteiger partial charge in [0, 0.05) is 20.1 Å². The molecule has 1 rings (SSSR count). The van der Waals surface area contributed by atoms with Gasteiger partial charge in [-0.2, -0.15) is 0 Å². The van der Waals surface area contributed by atoms with Crippen LogP contribution in [0.4, 0.5) is 10.7 Å². The fraction of sp³-hybridized carbons (Fsp3) is 0.500. The van der Waals surface area contributed by atoms with Gasteiger partial charge in [-0.3, -0.25) is 4.79 Å². The number of carbonyl (C=O) groups excluding carboxylic acids is 2. The first-order chi connectivity index (χ1) is 9.42. The molecule has 0 spiro atoms. The van der Waals surface area contributed by atoms with Gasteiger partial charge in [-0.05, 0) is 14.1 Å². The number of methoxy groups -OCH3 is 1. The molecule has 0 aliphatic heterocycles. The summed E-state index contributed by atoms with van der Waals surface area (Å²) >= 11 is 1.15. The Morgan fingerprint density at radius 1 is 1.40 bits per heavy atom. The number of ether oxygens (including phenoxy) is 1. The normalized spacial score (nSPS) is 10.4. The molecule has 4 N–H and O–H groups in total. The lowest BCUT2D eigenvalue weighted by Crippen LogP contribution is -2.21. The van der Waals surface area contributed by atoms with Crippen LogP contribution in [0.5, 0.6) is 0 Å². The number of likely N-dealkylation sites (N-methyl/N-ethyl adjacent to an activating group) is 1. The number of esters is 1. The Balaban J connectivity index is 3.07. The van der Waals surface area contributed by atoms with Gasteiger partial charge in [0.05, 0.1) is 12.8 Å². The van der Waals surface area contributed by atoms with Crippen LogP contribution in [-0.4, -0.2) is 58.1 Å². The van der Waals surface area contributed by atoms with E-state index in [1.807, 2.05) is 19.0 Å². The predicted octanol–water partition coefficient (Wildman–Crippen LogP) is 0.450. The first-order valence-corrected chi connectivity index (χ1v) is 6.85. The van der Waals surface area contributed by atoms with Gasteiger partial charge >= 0.3 is 5.97 Å². The summed E-state index contributed by atoms with van der Waals surface area (Å²) in [7, 11) is 6.68.